The van der Waals surface area contributed by atoms with E-state index in [9.17, 15) is 14.4 Å². The smallest absolute Gasteiger partial charge is 0.306 e. The summed E-state index contributed by atoms with van der Waals surface area (Å²) in [5, 5.41) is 0. The van der Waals surface area contributed by atoms with E-state index in [0.29, 0.717) is 19.3 Å². The van der Waals surface area contributed by atoms with Crippen molar-refractivity contribution >= 4 is 17.9 Å². The molecule has 0 bridgehead atoms. The third-order valence-corrected chi connectivity index (χ3v) is 15.9. The van der Waals surface area contributed by atoms with Crippen molar-refractivity contribution < 1.29 is 28.6 Å². The minimum absolute atomic E-state index is 0.0714. The second-order valence-corrected chi connectivity index (χ2v) is 23.8. The van der Waals surface area contributed by atoms with Crippen molar-refractivity contribution in [3.05, 3.63) is 36.5 Å². The number of hydrogen-bond donors (Lipinski definition) is 0. The lowest BCUT2D eigenvalue weighted by Gasteiger charge is -2.18. The Bertz CT molecular complexity index is 1300. The van der Waals surface area contributed by atoms with Crippen LogP contribution in [0.1, 0.15) is 387 Å². The van der Waals surface area contributed by atoms with E-state index in [1.807, 2.05) is 0 Å². The Labute approximate surface area is 486 Å². The van der Waals surface area contributed by atoms with Crippen LogP contribution in [0.3, 0.4) is 0 Å². The van der Waals surface area contributed by atoms with Crippen molar-refractivity contribution in [1.82, 2.24) is 0 Å². The zero-order chi connectivity index (χ0) is 56.4. The van der Waals surface area contributed by atoms with Gasteiger partial charge in [-0.2, -0.15) is 0 Å². The van der Waals surface area contributed by atoms with Gasteiger partial charge in [0.15, 0.2) is 6.10 Å². The van der Waals surface area contributed by atoms with Gasteiger partial charge in [-0.1, -0.05) is 327 Å². The number of hydrogen-bond acceptors (Lipinski definition) is 6. The topological polar surface area (TPSA) is 78.9 Å². The first-order valence-electron chi connectivity index (χ1n) is 35.0. The summed E-state index contributed by atoms with van der Waals surface area (Å²) in [5.41, 5.74) is 0. The van der Waals surface area contributed by atoms with E-state index in [2.05, 4.69) is 57.2 Å². The van der Waals surface area contributed by atoms with Crippen LogP contribution in [0.5, 0.6) is 0 Å². The van der Waals surface area contributed by atoms with Gasteiger partial charge in [0.2, 0.25) is 0 Å². The summed E-state index contributed by atoms with van der Waals surface area (Å²) in [6.45, 7) is 6.68. The van der Waals surface area contributed by atoms with E-state index < -0.39 is 6.10 Å². The predicted molar refractivity (Wildman–Crippen MR) is 339 cm³/mol. The molecule has 0 aromatic rings. The molecular formula is C72H134O6. The van der Waals surface area contributed by atoms with Crippen LogP contribution in [-0.2, 0) is 28.6 Å². The van der Waals surface area contributed by atoms with Crippen molar-refractivity contribution in [2.75, 3.05) is 13.2 Å². The quantitative estimate of drug-likeness (QED) is 0.0261. The highest BCUT2D eigenvalue weighted by molar-refractivity contribution is 5.71. The standard InChI is InChI=1S/C72H134O6/c1-4-7-10-13-16-19-22-25-28-30-32-33-34-35-36-37-38-39-40-42-44-47-50-53-56-59-62-65-71(74)77-68-69(67-76-70(73)64-61-58-55-52-49-46-43-27-24-21-18-15-12-9-6-3)78-72(75)66-63-60-57-54-51-48-45-41-31-29-26-23-20-17-14-11-8-5-2/h18,21,27,30,32,43,69H,4-17,19-20,22-26,28-29,31,33-42,44-68H2,1-3H3/b21-18-,32-30-,43-27-. The van der Waals surface area contributed by atoms with Crippen LogP contribution < -0.4 is 0 Å². The van der Waals surface area contributed by atoms with Gasteiger partial charge in [-0.25, -0.2) is 0 Å². The molecule has 1 unspecified atom stereocenters. The average molecular weight is 1100 g/mol. The molecule has 0 rings (SSSR count). The molecule has 0 saturated heterocycles. The third kappa shape index (κ3) is 64.5. The summed E-state index contributed by atoms with van der Waals surface area (Å²) in [6, 6.07) is 0. The Kier molecular flexibility index (Phi) is 65.1. The maximum absolute atomic E-state index is 12.9. The second kappa shape index (κ2) is 67.1. The van der Waals surface area contributed by atoms with Gasteiger partial charge in [-0.15, -0.1) is 0 Å². The first kappa shape index (κ1) is 75.6. The molecule has 0 radical (unpaired) electrons. The number of allylic oxidation sites excluding steroid dienone is 6. The van der Waals surface area contributed by atoms with Gasteiger partial charge >= 0.3 is 17.9 Å². The Morgan fingerprint density at radius 3 is 0.744 bits per heavy atom. The number of ether oxygens (including phenoxy) is 3. The maximum Gasteiger partial charge on any atom is 0.306 e. The van der Waals surface area contributed by atoms with Crippen LogP contribution in [0.4, 0.5) is 0 Å². The molecule has 0 aliphatic rings. The van der Waals surface area contributed by atoms with E-state index in [1.165, 1.54) is 270 Å². The molecule has 458 valence electrons. The third-order valence-electron chi connectivity index (χ3n) is 15.9. The fourth-order valence-corrected chi connectivity index (χ4v) is 10.6. The number of carbonyl (C=O) groups excluding carboxylic acids is 3. The van der Waals surface area contributed by atoms with E-state index in [-0.39, 0.29) is 31.1 Å². The lowest BCUT2D eigenvalue weighted by atomic mass is 10.0. The second-order valence-electron chi connectivity index (χ2n) is 23.8. The number of rotatable bonds is 65. The zero-order valence-electron chi connectivity index (χ0n) is 52.7. The highest BCUT2D eigenvalue weighted by Crippen LogP contribution is 2.18. The lowest BCUT2D eigenvalue weighted by Crippen LogP contribution is -2.30. The van der Waals surface area contributed by atoms with E-state index in [1.54, 1.807) is 0 Å². The summed E-state index contributed by atoms with van der Waals surface area (Å²) in [7, 11) is 0. The van der Waals surface area contributed by atoms with Gasteiger partial charge in [0.05, 0.1) is 0 Å². The van der Waals surface area contributed by atoms with Crippen molar-refractivity contribution in [2.45, 2.75) is 393 Å². The highest BCUT2D eigenvalue weighted by atomic mass is 16.6. The molecule has 0 heterocycles. The molecule has 0 amide bonds. The summed E-state index contributed by atoms with van der Waals surface area (Å²) in [6.07, 6.45) is 83.1. The minimum atomic E-state index is -0.776. The molecule has 0 spiro atoms. The zero-order valence-corrected chi connectivity index (χ0v) is 52.7. The van der Waals surface area contributed by atoms with Crippen LogP contribution in [0.2, 0.25) is 0 Å². The SMILES string of the molecule is CCCCC/C=C\C/C=C\CCCCCCCC(=O)OCC(COC(=O)CCCCCCCCCCCCCCCCC/C=C\CCCCCCCCCC)OC(=O)CCCCCCCCCCCCCCCCCCCC. The van der Waals surface area contributed by atoms with Crippen molar-refractivity contribution in [3.8, 4) is 0 Å². The fourth-order valence-electron chi connectivity index (χ4n) is 10.6. The van der Waals surface area contributed by atoms with Crippen LogP contribution in [0, 0.1) is 0 Å². The van der Waals surface area contributed by atoms with Gasteiger partial charge in [0.1, 0.15) is 13.2 Å². The molecule has 78 heavy (non-hydrogen) atoms. The van der Waals surface area contributed by atoms with Crippen LogP contribution in [0.25, 0.3) is 0 Å². The number of carbonyl (C=O) groups is 3. The summed E-state index contributed by atoms with van der Waals surface area (Å²) < 4.78 is 17.0. The Morgan fingerprint density at radius 1 is 0.256 bits per heavy atom. The van der Waals surface area contributed by atoms with E-state index in [4.69, 9.17) is 14.2 Å². The van der Waals surface area contributed by atoms with Crippen LogP contribution in [0.15, 0.2) is 36.5 Å². The molecule has 0 N–H and O–H groups in total. The first-order valence-corrected chi connectivity index (χ1v) is 35.0. The van der Waals surface area contributed by atoms with Crippen molar-refractivity contribution in [3.63, 3.8) is 0 Å². The minimum Gasteiger partial charge on any atom is -0.462 e. The van der Waals surface area contributed by atoms with Crippen molar-refractivity contribution in [2.24, 2.45) is 0 Å². The van der Waals surface area contributed by atoms with Crippen LogP contribution >= 0.6 is 0 Å². The predicted octanol–water partition coefficient (Wildman–Crippen LogP) is 23.9. The van der Waals surface area contributed by atoms with Gasteiger partial charge in [-0.3, -0.25) is 14.4 Å². The summed E-state index contributed by atoms with van der Waals surface area (Å²) in [4.78, 5) is 38.4. The van der Waals surface area contributed by atoms with Crippen molar-refractivity contribution in [1.29, 1.82) is 0 Å². The van der Waals surface area contributed by atoms with Gasteiger partial charge < -0.3 is 14.2 Å². The fraction of sp³-hybridized carbons (Fsp3) is 0.875. The molecule has 0 aliphatic carbocycles. The van der Waals surface area contributed by atoms with Gasteiger partial charge in [-0.05, 0) is 77.0 Å². The molecular weight excluding hydrogens is 961 g/mol. The lowest BCUT2D eigenvalue weighted by molar-refractivity contribution is -0.167. The molecule has 6 nitrogen and oxygen atoms in total. The molecule has 6 heteroatoms. The maximum atomic E-state index is 12.9. The Balaban J connectivity index is 4.24. The Morgan fingerprint density at radius 2 is 0.462 bits per heavy atom. The number of unbranched alkanes of at least 4 members (excludes halogenated alkanes) is 48. The molecule has 0 aromatic heterocycles. The van der Waals surface area contributed by atoms with Gasteiger partial charge in [0, 0.05) is 19.3 Å². The molecule has 0 aromatic carbocycles. The number of esters is 3. The molecule has 1 atom stereocenters. The normalized spacial score (nSPS) is 12.2. The summed E-state index contributed by atoms with van der Waals surface area (Å²) in [5.74, 6) is -0.857. The largest absolute Gasteiger partial charge is 0.462 e. The van der Waals surface area contributed by atoms with Gasteiger partial charge in [0.25, 0.3) is 0 Å². The molecule has 0 aliphatic heterocycles. The molecule has 0 saturated carbocycles. The summed E-state index contributed by atoms with van der Waals surface area (Å²) >= 11 is 0. The van der Waals surface area contributed by atoms with E-state index >= 15 is 0 Å². The van der Waals surface area contributed by atoms with Crippen LogP contribution in [-0.4, -0.2) is 37.2 Å². The highest BCUT2D eigenvalue weighted by Gasteiger charge is 2.19. The Hall–Kier alpha value is -2.37. The van der Waals surface area contributed by atoms with E-state index in [0.717, 1.165) is 77.0 Å². The average Bonchev–Trinajstić information content (AvgIpc) is 3.44. The monoisotopic (exact) mass is 1100 g/mol. The molecule has 0 fully saturated rings. The first-order chi connectivity index (χ1) is 38.5.